The lowest BCUT2D eigenvalue weighted by Gasteiger charge is -2.34. The van der Waals surface area contributed by atoms with Gasteiger partial charge in [0.25, 0.3) is 10.0 Å². The van der Waals surface area contributed by atoms with Gasteiger partial charge in [-0.25, -0.2) is 8.42 Å². The van der Waals surface area contributed by atoms with E-state index in [9.17, 15) is 18.0 Å². The molecule has 0 heterocycles. The Morgan fingerprint density at radius 2 is 1.50 bits per heavy atom. The fraction of sp³-hybridized carbons (Fsp3) is 0.278. The largest absolute Gasteiger partial charge is 0.354 e. The van der Waals surface area contributed by atoms with Gasteiger partial charge in [-0.3, -0.25) is 13.9 Å². The Morgan fingerprint density at radius 1 is 0.848 bits per heavy atom. The van der Waals surface area contributed by atoms with Crippen LogP contribution >= 0.6 is 23.2 Å². The Hall–Kier alpha value is -3.85. The molecule has 242 valence electrons. The molecule has 2 amide bonds. The van der Waals surface area contributed by atoms with Crippen molar-refractivity contribution in [1.29, 1.82) is 0 Å². The fourth-order valence-corrected chi connectivity index (χ4v) is 6.94. The van der Waals surface area contributed by atoms with Crippen LogP contribution in [-0.4, -0.2) is 44.3 Å². The average molecular weight is 681 g/mol. The van der Waals surface area contributed by atoms with Crippen LogP contribution in [0.15, 0.2) is 102 Å². The third-order valence-corrected chi connectivity index (χ3v) is 9.95. The summed E-state index contributed by atoms with van der Waals surface area (Å²) >= 11 is 12.8. The number of amides is 2. The number of aryl methyl sites for hydroxylation is 2. The molecule has 7 nitrogen and oxygen atoms in total. The number of sulfonamides is 1. The van der Waals surface area contributed by atoms with Crippen LogP contribution in [0.2, 0.25) is 10.0 Å². The maximum Gasteiger partial charge on any atom is 0.264 e. The van der Waals surface area contributed by atoms with Crippen LogP contribution in [-0.2, 0) is 32.6 Å². The maximum atomic E-state index is 14.6. The van der Waals surface area contributed by atoms with Crippen molar-refractivity contribution in [3.8, 4) is 0 Å². The average Bonchev–Trinajstić information content (AvgIpc) is 3.02. The van der Waals surface area contributed by atoms with Crippen LogP contribution in [0.4, 0.5) is 5.69 Å². The van der Waals surface area contributed by atoms with Gasteiger partial charge in [-0.1, -0.05) is 103 Å². The van der Waals surface area contributed by atoms with Crippen LogP contribution in [0.5, 0.6) is 0 Å². The van der Waals surface area contributed by atoms with E-state index in [1.807, 2.05) is 51.1 Å². The standard InChI is InChI=1S/C36H39Cl2N3O4S/c1-25(2)22-39-36(43)34(21-28-10-6-5-7-11-28)40(23-29-12-8-9-13-32(29)38)35(42)24-41(33-19-16-30(37)20-27(33)4)46(44,45)31-17-14-26(3)15-18-31/h5-20,25,34H,21-24H2,1-4H3,(H,39,43). The first kappa shape index (κ1) is 35.0. The molecule has 0 radical (unpaired) electrons. The zero-order valence-electron chi connectivity index (χ0n) is 26.4. The minimum Gasteiger partial charge on any atom is -0.354 e. The van der Waals surface area contributed by atoms with Crippen molar-refractivity contribution < 1.29 is 18.0 Å². The van der Waals surface area contributed by atoms with Gasteiger partial charge < -0.3 is 10.2 Å². The van der Waals surface area contributed by atoms with Crippen LogP contribution < -0.4 is 9.62 Å². The van der Waals surface area contributed by atoms with E-state index in [1.54, 1.807) is 61.5 Å². The van der Waals surface area contributed by atoms with Crippen molar-refractivity contribution in [3.05, 3.63) is 129 Å². The molecule has 46 heavy (non-hydrogen) atoms. The van der Waals surface area contributed by atoms with Gasteiger partial charge in [0.1, 0.15) is 12.6 Å². The molecule has 4 aromatic rings. The van der Waals surface area contributed by atoms with E-state index in [4.69, 9.17) is 23.2 Å². The molecule has 0 aromatic heterocycles. The van der Waals surface area contributed by atoms with Gasteiger partial charge in [0.15, 0.2) is 0 Å². The minimum atomic E-state index is -4.23. The number of carbonyl (C=O) groups excluding carboxylic acids is 2. The second-order valence-electron chi connectivity index (χ2n) is 11.7. The van der Waals surface area contributed by atoms with Crippen molar-refractivity contribution >= 4 is 50.7 Å². The number of rotatable bonds is 13. The third-order valence-electron chi connectivity index (χ3n) is 7.57. The summed E-state index contributed by atoms with van der Waals surface area (Å²) in [6.07, 6.45) is 0.214. The number of halogens is 2. The Morgan fingerprint density at radius 3 is 2.13 bits per heavy atom. The first-order valence-electron chi connectivity index (χ1n) is 15.1. The summed E-state index contributed by atoms with van der Waals surface area (Å²) in [5, 5.41) is 3.85. The summed E-state index contributed by atoms with van der Waals surface area (Å²) in [7, 11) is -4.23. The van der Waals surface area contributed by atoms with E-state index in [0.717, 1.165) is 15.4 Å². The predicted molar refractivity (Wildman–Crippen MR) is 186 cm³/mol. The summed E-state index contributed by atoms with van der Waals surface area (Å²) in [6.45, 7) is 7.42. The molecule has 0 aliphatic carbocycles. The van der Waals surface area contributed by atoms with Crippen molar-refractivity contribution in [2.45, 2.75) is 51.6 Å². The van der Waals surface area contributed by atoms with E-state index in [0.29, 0.717) is 33.4 Å². The number of benzene rings is 4. The molecule has 0 fully saturated rings. The maximum absolute atomic E-state index is 14.6. The highest BCUT2D eigenvalue weighted by molar-refractivity contribution is 7.92. The highest BCUT2D eigenvalue weighted by Crippen LogP contribution is 2.30. The molecule has 0 saturated carbocycles. The predicted octanol–water partition coefficient (Wildman–Crippen LogP) is 7.22. The normalized spacial score (nSPS) is 12.1. The molecule has 0 aliphatic rings. The smallest absolute Gasteiger partial charge is 0.264 e. The first-order valence-corrected chi connectivity index (χ1v) is 17.3. The summed E-state index contributed by atoms with van der Waals surface area (Å²) < 4.78 is 29.6. The first-order chi connectivity index (χ1) is 21.9. The Balaban J connectivity index is 1.83. The van der Waals surface area contributed by atoms with Crippen molar-refractivity contribution in [2.75, 3.05) is 17.4 Å². The van der Waals surface area contributed by atoms with Crippen LogP contribution in [0.1, 0.15) is 36.1 Å². The molecule has 1 unspecified atom stereocenters. The lowest BCUT2D eigenvalue weighted by molar-refractivity contribution is -0.140. The van der Waals surface area contributed by atoms with E-state index < -0.39 is 28.5 Å². The van der Waals surface area contributed by atoms with Crippen LogP contribution in [0, 0.1) is 19.8 Å². The van der Waals surface area contributed by atoms with E-state index in [2.05, 4.69) is 5.32 Å². The molecule has 1 N–H and O–H groups in total. The molecule has 4 rings (SSSR count). The van der Waals surface area contributed by atoms with Gasteiger partial charge >= 0.3 is 0 Å². The lowest BCUT2D eigenvalue weighted by Crippen LogP contribution is -2.53. The molecule has 0 bridgehead atoms. The van der Waals surface area contributed by atoms with Gasteiger partial charge in [-0.2, -0.15) is 0 Å². The minimum absolute atomic E-state index is 0.0108. The van der Waals surface area contributed by atoms with Crippen LogP contribution in [0.3, 0.4) is 0 Å². The van der Waals surface area contributed by atoms with Gasteiger partial charge in [0.2, 0.25) is 11.8 Å². The van der Waals surface area contributed by atoms with Gasteiger partial charge in [0, 0.05) is 29.6 Å². The quantitative estimate of drug-likeness (QED) is 0.162. The van der Waals surface area contributed by atoms with Gasteiger partial charge in [-0.05, 0) is 72.9 Å². The molecule has 10 heteroatoms. The SMILES string of the molecule is Cc1ccc(S(=O)(=O)N(CC(=O)N(Cc2ccccc2Cl)C(Cc2ccccc2)C(=O)NCC(C)C)c2ccc(Cl)cc2C)cc1. The van der Waals surface area contributed by atoms with Crippen molar-refractivity contribution in [1.82, 2.24) is 10.2 Å². The highest BCUT2D eigenvalue weighted by atomic mass is 35.5. The highest BCUT2D eigenvalue weighted by Gasteiger charge is 2.35. The summed E-state index contributed by atoms with van der Waals surface area (Å²) in [6, 6.07) is 26.8. The number of carbonyl (C=O) groups is 2. The number of nitrogens with zero attached hydrogens (tertiary/aromatic N) is 2. The second kappa shape index (κ2) is 15.6. The zero-order chi connectivity index (χ0) is 33.4. The zero-order valence-corrected chi connectivity index (χ0v) is 28.7. The van der Waals surface area contributed by atoms with E-state index in [-0.39, 0.29) is 29.7 Å². The Labute approximate surface area is 282 Å². The van der Waals surface area contributed by atoms with Crippen LogP contribution in [0.25, 0.3) is 0 Å². The molecule has 0 spiro atoms. The molecule has 0 saturated heterocycles. The van der Waals surface area contributed by atoms with Gasteiger partial charge in [-0.15, -0.1) is 0 Å². The third kappa shape index (κ3) is 8.90. The fourth-order valence-electron chi connectivity index (χ4n) is 5.04. The Bertz CT molecular complexity index is 1760. The molecular weight excluding hydrogens is 641 g/mol. The second-order valence-corrected chi connectivity index (χ2v) is 14.4. The molecule has 4 aromatic carbocycles. The molecular formula is C36H39Cl2N3O4S. The van der Waals surface area contributed by atoms with Gasteiger partial charge in [0.05, 0.1) is 10.6 Å². The molecule has 1 atom stereocenters. The summed E-state index contributed by atoms with van der Waals surface area (Å²) in [5.41, 5.74) is 3.25. The topological polar surface area (TPSA) is 86.8 Å². The van der Waals surface area contributed by atoms with E-state index >= 15 is 0 Å². The molecule has 0 aliphatic heterocycles. The number of hydrogen-bond donors (Lipinski definition) is 1. The Kier molecular flexibility index (Phi) is 11.9. The number of nitrogens with one attached hydrogen (secondary N) is 1. The van der Waals surface area contributed by atoms with Crippen molar-refractivity contribution in [2.24, 2.45) is 5.92 Å². The number of anilines is 1. The van der Waals surface area contributed by atoms with E-state index in [1.165, 1.54) is 17.0 Å². The lowest BCUT2D eigenvalue weighted by atomic mass is 10.0. The summed E-state index contributed by atoms with van der Waals surface area (Å²) in [4.78, 5) is 30.0. The monoisotopic (exact) mass is 679 g/mol. The number of hydrogen-bond acceptors (Lipinski definition) is 4. The van der Waals surface area contributed by atoms with Crippen molar-refractivity contribution in [3.63, 3.8) is 0 Å². The summed E-state index contributed by atoms with van der Waals surface area (Å²) in [5.74, 6) is -0.726.